The number of rotatable bonds is 8. The number of carbonyl (C=O) groups is 3. The molecule has 0 radical (unpaired) electrons. The Morgan fingerprint density at radius 2 is 1.79 bits per heavy atom. The van der Waals surface area contributed by atoms with Crippen molar-refractivity contribution in [2.24, 2.45) is 0 Å². The third kappa shape index (κ3) is 4.01. The van der Waals surface area contributed by atoms with Crippen LogP contribution in [0.4, 0.5) is 0 Å². The zero-order valence-corrected chi connectivity index (χ0v) is 15.7. The highest BCUT2D eigenvalue weighted by Gasteiger charge is 2.40. The van der Waals surface area contributed by atoms with Crippen LogP contribution in [0.2, 0.25) is 0 Å². The molecule has 0 saturated heterocycles. The summed E-state index contributed by atoms with van der Waals surface area (Å²) in [4.78, 5) is 42.5. The lowest BCUT2D eigenvalue weighted by Crippen LogP contribution is -2.47. The van der Waals surface area contributed by atoms with Gasteiger partial charge in [0, 0.05) is 25.9 Å². The number of hydrogen-bond acceptors (Lipinski definition) is 6. The predicted octanol–water partition coefficient (Wildman–Crippen LogP) is 1.41. The van der Waals surface area contributed by atoms with Gasteiger partial charge in [-0.05, 0) is 24.6 Å². The summed E-state index contributed by atoms with van der Waals surface area (Å²) in [6.45, 7) is 2.62. The molecule has 0 fully saturated rings. The van der Waals surface area contributed by atoms with Gasteiger partial charge >= 0.3 is 0 Å². The molecule has 1 atom stereocenters. The van der Waals surface area contributed by atoms with Crippen LogP contribution in [0.25, 0.3) is 0 Å². The molecule has 1 aromatic heterocycles. The Labute approximate surface area is 162 Å². The van der Waals surface area contributed by atoms with Gasteiger partial charge in [0.25, 0.3) is 11.8 Å². The van der Waals surface area contributed by atoms with E-state index in [4.69, 9.17) is 9.47 Å². The number of ether oxygens (including phenoxy) is 2. The summed E-state index contributed by atoms with van der Waals surface area (Å²) < 4.78 is 10.3. The minimum absolute atomic E-state index is 0.220. The van der Waals surface area contributed by atoms with E-state index in [1.54, 1.807) is 49.7 Å². The first-order valence-corrected chi connectivity index (χ1v) is 8.84. The molecule has 3 amide bonds. The molecular weight excluding hydrogens is 362 g/mol. The number of methoxy groups -OCH3 is 1. The molecule has 8 nitrogen and oxygen atoms in total. The van der Waals surface area contributed by atoms with Gasteiger partial charge in [-0.25, -0.2) is 4.98 Å². The number of aromatic nitrogens is 1. The Balaban J connectivity index is 1.57. The van der Waals surface area contributed by atoms with Crippen molar-refractivity contribution >= 4 is 17.7 Å². The quantitative estimate of drug-likeness (QED) is 0.547. The number of benzene rings is 1. The van der Waals surface area contributed by atoms with Crippen LogP contribution < -0.4 is 10.1 Å². The second-order valence-electron chi connectivity index (χ2n) is 6.27. The van der Waals surface area contributed by atoms with Crippen molar-refractivity contribution in [2.75, 3.05) is 20.3 Å². The molecule has 1 aliphatic heterocycles. The molecule has 1 N–H and O–H groups in total. The number of fused-ring (bicyclic) bond motifs is 1. The Bertz CT molecular complexity index is 847. The van der Waals surface area contributed by atoms with Crippen LogP contribution in [-0.2, 0) is 16.1 Å². The second kappa shape index (κ2) is 8.62. The van der Waals surface area contributed by atoms with E-state index in [0.717, 1.165) is 10.5 Å². The second-order valence-corrected chi connectivity index (χ2v) is 6.27. The lowest BCUT2D eigenvalue weighted by atomic mass is 10.1. The van der Waals surface area contributed by atoms with Crippen molar-refractivity contribution in [3.63, 3.8) is 0 Å². The highest BCUT2D eigenvalue weighted by Crippen LogP contribution is 2.24. The molecule has 28 heavy (non-hydrogen) atoms. The van der Waals surface area contributed by atoms with Crippen LogP contribution >= 0.6 is 0 Å². The number of imide groups is 1. The smallest absolute Gasteiger partial charge is 0.262 e. The van der Waals surface area contributed by atoms with Crippen LogP contribution in [0.5, 0.6) is 5.88 Å². The lowest BCUT2D eigenvalue weighted by molar-refractivity contribution is -0.124. The summed E-state index contributed by atoms with van der Waals surface area (Å²) >= 11 is 0. The third-order valence-electron chi connectivity index (χ3n) is 4.39. The molecule has 0 bridgehead atoms. The first-order chi connectivity index (χ1) is 13.5. The maximum Gasteiger partial charge on any atom is 0.262 e. The monoisotopic (exact) mass is 383 g/mol. The Hall–Kier alpha value is -3.26. The first-order valence-electron chi connectivity index (χ1n) is 8.84. The van der Waals surface area contributed by atoms with Gasteiger partial charge in [0.2, 0.25) is 11.8 Å². The lowest BCUT2D eigenvalue weighted by Gasteiger charge is -2.21. The van der Waals surface area contributed by atoms with Crippen LogP contribution in [0.3, 0.4) is 0 Å². The molecule has 8 heteroatoms. The molecule has 0 aliphatic carbocycles. The normalized spacial score (nSPS) is 14.0. The molecule has 3 rings (SSSR count). The third-order valence-corrected chi connectivity index (χ3v) is 4.39. The summed E-state index contributed by atoms with van der Waals surface area (Å²) in [6.07, 6.45) is 1.59. The van der Waals surface area contributed by atoms with E-state index < -0.39 is 23.8 Å². The van der Waals surface area contributed by atoms with Crippen molar-refractivity contribution in [3.8, 4) is 5.88 Å². The van der Waals surface area contributed by atoms with Crippen molar-refractivity contribution in [1.29, 1.82) is 0 Å². The number of nitrogens with one attached hydrogen (secondary N) is 1. The SMILES string of the molecule is COCCOc1ccc(CNC(=O)C(C)N2C(=O)c3ccccc3C2=O)cn1. The summed E-state index contributed by atoms with van der Waals surface area (Å²) in [5.74, 6) is -0.869. The fraction of sp³-hybridized carbons (Fsp3) is 0.300. The molecular formula is C20H21N3O5. The van der Waals surface area contributed by atoms with Crippen molar-refractivity contribution < 1.29 is 23.9 Å². The molecule has 2 aromatic rings. The van der Waals surface area contributed by atoms with Gasteiger partial charge < -0.3 is 14.8 Å². The molecule has 146 valence electrons. The van der Waals surface area contributed by atoms with E-state index in [1.165, 1.54) is 6.92 Å². The zero-order chi connectivity index (χ0) is 20.1. The van der Waals surface area contributed by atoms with Gasteiger partial charge in [-0.2, -0.15) is 0 Å². The Morgan fingerprint density at radius 3 is 2.36 bits per heavy atom. The molecule has 1 unspecified atom stereocenters. The zero-order valence-electron chi connectivity index (χ0n) is 15.7. The van der Waals surface area contributed by atoms with Crippen LogP contribution in [0.1, 0.15) is 33.2 Å². The number of amides is 3. The molecule has 2 heterocycles. The standard InChI is InChI=1S/C20H21N3O5/c1-13(23-19(25)15-5-3-4-6-16(15)20(23)26)18(24)22-12-14-7-8-17(21-11-14)28-10-9-27-2/h3-8,11,13H,9-10,12H2,1-2H3,(H,22,24). The molecule has 1 aromatic carbocycles. The number of carbonyl (C=O) groups excluding carboxylic acids is 3. The van der Waals surface area contributed by atoms with Crippen molar-refractivity contribution in [1.82, 2.24) is 15.2 Å². The number of nitrogens with zero attached hydrogens (tertiary/aromatic N) is 2. The summed E-state index contributed by atoms with van der Waals surface area (Å²) in [5, 5.41) is 2.73. The highest BCUT2D eigenvalue weighted by molar-refractivity contribution is 6.22. The van der Waals surface area contributed by atoms with Crippen LogP contribution in [0.15, 0.2) is 42.6 Å². The van der Waals surface area contributed by atoms with Gasteiger partial charge in [-0.15, -0.1) is 0 Å². The summed E-state index contributed by atoms with van der Waals surface area (Å²) in [5.41, 5.74) is 1.41. The maximum atomic E-state index is 12.5. The van der Waals surface area contributed by atoms with Gasteiger partial charge in [-0.1, -0.05) is 18.2 Å². The first kappa shape index (κ1) is 19.5. The summed E-state index contributed by atoms with van der Waals surface area (Å²) in [7, 11) is 1.59. The van der Waals surface area contributed by atoms with E-state index >= 15 is 0 Å². The average molecular weight is 383 g/mol. The van der Waals surface area contributed by atoms with E-state index in [1.807, 2.05) is 0 Å². The van der Waals surface area contributed by atoms with Gasteiger partial charge in [-0.3, -0.25) is 19.3 Å². The number of pyridine rings is 1. The fourth-order valence-corrected chi connectivity index (χ4v) is 2.84. The van der Waals surface area contributed by atoms with Crippen LogP contribution in [-0.4, -0.2) is 54.0 Å². The minimum atomic E-state index is -0.919. The van der Waals surface area contributed by atoms with E-state index in [0.29, 0.717) is 30.2 Å². The van der Waals surface area contributed by atoms with Crippen LogP contribution in [0, 0.1) is 0 Å². The van der Waals surface area contributed by atoms with E-state index in [2.05, 4.69) is 10.3 Å². The highest BCUT2D eigenvalue weighted by atomic mass is 16.5. The van der Waals surface area contributed by atoms with Gasteiger partial charge in [0.15, 0.2) is 0 Å². The van der Waals surface area contributed by atoms with E-state index in [9.17, 15) is 14.4 Å². The largest absolute Gasteiger partial charge is 0.475 e. The minimum Gasteiger partial charge on any atom is -0.475 e. The van der Waals surface area contributed by atoms with Crippen molar-refractivity contribution in [2.45, 2.75) is 19.5 Å². The van der Waals surface area contributed by atoms with Gasteiger partial charge in [0.1, 0.15) is 12.6 Å². The van der Waals surface area contributed by atoms with Crippen molar-refractivity contribution in [3.05, 3.63) is 59.3 Å². The number of hydrogen-bond donors (Lipinski definition) is 1. The molecule has 1 aliphatic rings. The van der Waals surface area contributed by atoms with Gasteiger partial charge in [0.05, 0.1) is 17.7 Å². The average Bonchev–Trinajstić information content (AvgIpc) is 2.97. The van der Waals surface area contributed by atoms with E-state index in [-0.39, 0.29) is 6.54 Å². The fourth-order valence-electron chi connectivity index (χ4n) is 2.84. The topological polar surface area (TPSA) is 97.8 Å². The summed E-state index contributed by atoms with van der Waals surface area (Å²) in [6, 6.07) is 9.11. The molecule has 0 saturated carbocycles. The maximum absolute atomic E-state index is 12.5. The predicted molar refractivity (Wildman–Crippen MR) is 99.9 cm³/mol. The Kier molecular flexibility index (Phi) is 6.00. The molecule has 0 spiro atoms. The Morgan fingerprint density at radius 1 is 1.11 bits per heavy atom.